The second-order valence-electron chi connectivity index (χ2n) is 7.79. The van der Waals surface area contributed by atoms with E-state index in [1.165, 1.54) is 19.2 Å². The van der Waals surface area contributed by atoms with Gasteiger partial charge in [0.15, 0.2) is 5.96 Å². The van der Waals surface area contributed by atoms with Gasteiger partial charge < -0.3 is 24.6 Å². The second-order valence-corrected chi connectivity index (χ2v) is 7.79. The van der Waals surface area contributed by atoms with Gasteiger partial charge in [-0.1, -0.05) is 0 Å². The van der Waals surface area contributed by atoms with Crippen molar-refractivity contribution in [2.45, 2.75) is 39.0 Å². The molecule has 7 nitrogen and oxygen atoms in total. The highest BCUT2D eigenvalue weighted by atomic mass is 127. The maximum atomic E-state index is 13.6. The number of benzene rings is 1. The average molecular weight is 506 g/mol. The molecule has 1 fully saturated rings. The van der Waals surface area contributed by atoms with E-state index in [1.807, 2.05) is 20.8 Å². The molecule has 156 valence electrons. The molecule has 0 radical (unpaired) electrons. The van der Waals surface area contributed by atoms with Crippen LogP contribution in [0.5, 0.6) is 5.75 Å². The maximum Gasteiger partial charge on any atom is 0.410 e. The molecular formula is C19H28FIN4O3. The van der Waals surface area contributed by atoms with E-state index in [0.717, 1.165) is 11.5 Å². The minimum Gasteiger partial charge on any atom is -0.497 e. The molecule has 2 heterocycles. The Labute approximate surface area is 182 Å². The number of amides is 1. The molecule has 2 aliphatic rings. The minimum atomic E-state index is -0.501. The number of piperazine rings is 1. The van der Waals surface area contributed by atoms with Crippen molar-refractivity contribution >= 4 is 36.0 Å². The molecule has 2 aliphatic heterocycles. The Kier molecular flexibility index (Phi) is 7.35. The van der Waals surface area contributed by atoms with Gasteiger partial charge >= 0.3 is 6.09 Å². The van der Waals surface area contributed by atoms with Crippen molar-refractivity contribution in [3.8, 4) is 5.75 Å². The highest BCUT2D eigenvalue weighted by Crippen LogP contribution is 2.20. The maximum absolute atomic E-state index is 13.6. The first-order valence-corrected chi connectivity index (χ1v) is 9.11. The van der Waals surface area contributed by atoms with Crippen LogP contribution in [-0.2, 0) is 11.3 Å². The molecule has 1 aromatic rings. The summed E-state index contributed by atoms with van der Waals surface area (Å²) >= 11 is 0. The Morgan fingerprint density at radius 3 is 2.75 bits per heavy atom. The van der Waals surface area contributed by atoms with Crippen LogP contribution in [0.15, 0.2) is 23.2 Å². The summed E-state index contributed by atoms with van der Waals surface area (Å²) in [5.41, 5.74) is 0.282. The van der Waals surface area contributed by atoms with Crippen LogP contribution in [0.4, 0.5) is 9.18 Å². The standard InChI is InChI=1S/C19H27FN4O3.HI/c1-19(2,3)27-18(25)23-5-6-24-15(12-23)11-22-17(24)21-10-13-7-14(20)9-16(8-13)26-4;/h7-9,15H,5-6,10-12H2,1-4H3,(H,21,22);1H. The second kappa shape index (κ2) is 9.15. The Balaban J connectivity index is 0.00000280. The van der Waals surface area contributed by atoms with Gasteiger partial charge in [-0.05, 0) is 38.5 Å². The zero-order chi connectivity index (χ0) is 19.6. The number of carbonyl (C=O) groups excluding carboxylic acids is 1. The summed E-state index contributed by atoms with van der Waals surface area (Å²) in [7, 11) is 1.52. The SMILES string of the molecule is COc1cc(F)cc(CNC2=NCC3CN(C(=O)OC(C)(C)C)CCN23)c1.I. The number of halogens is 2. The third kappa shape index (κ3) is 5.62. The van der Waals surface area contributed by atoms with Crippen molar-refractivity contribution in [1.82, 2.24) is 15.1 Å². The van der Waals surface area contributed by atoms with Crippen molar-refractivity contribution < 1.29 is 18.7 Å². The first-order valence-electron chi connectivity index (χ1n) is 9.11. The van der Waals surface area contributed by atoms with Crippen LogP contribution in [0.3, 0.4) is 0 Å². The van der Waals surface area contributed by atoms with Crippen molar-refractivity contribution in [3.63, 3.8) is 0 Å². The van der Waals surface area contributed by atoms with Crippen LogP contribution in [0.25, 0.3) is 0 Å². The molecule has 0 bridgehead atoms. The molecule has 0 aromatic heterocycles. The van der Waals surface area contributed by atoms with Crippen molar-refractivity contribution in [1.29, 1.82) is 0 Å². The molecule has 1 saturated heterocycles. The molecule has 3 rings (SSSR count). The largest absolute Gasteiger partial charge is 0.497 e. The number of carbonyl (C=O) groups is 1. The number of aliphatic imine (C=N–C) groups is 1. The Morgan fingerprint density at radius 1 is 1.32 bits per heavy atom. The lowest BCUT2D eigenvalue weighted by atomic mass is 10.2. The highest BCUT2D eigenvalue weighted by molar-refractivity contribution is 14.0. The number of fused-ring (bicyclic) bond motifs is 1. The van der Waals surface area contributed by atoms with E-state index in [2.05, 4.69) is 15.2 Å². The summed E-state index contributed by atoms with van der Waals surface area (Å²) in [5, 5.41) is 3.28. The van der Waals surface area contributed by atoms with Crippen LogP contribution in [0.2, 0.25) is 0 Å². The summed E-state index contributed by atoms with van der Waals surface area (Å²) in [6, 6.07) is 4.76. The summed E-state index contributed by atoms with van der Waals surface area (Å²) in [5.74, 6) is 0.944. The van der Waals surface area contributed by atoms with Gasteiger partial charge in [0.25, 0.3) is 0 Å². The smallest absolute Gasteiger partial charge is 0.410 e. The van der Waals surface area contributed by atoms with Crippen LogP contribution in [-0.4, -0.2) is 66.8 Å². The van der Waals surface area contributed by atoms with E-state index in [0.29, 0.717) is 38.5 Å². The fraction of sp³-hybridized carbons (Fsp3) is 0.579. The normalized spacial score (nSPS) is 18.8. The lowest BCUT2D eigenvalue weighted by Gasteiger charge is -2.39. The molecule has 1 unspecified atom stereocenters. The van der Waals surface area contributed by atoms with E-state index < -0.39 is 5.60 Å². The number of nitrogens with one attached hydrogen (secondary N) is 1. The molecule has 0 aliphatic carbocycles. The lowest BCUT2D eigenvalue weighted by Crippen LogP contribution is -2.57. The Bertz CT molecular complexity index is 738. The average Bonchev–Trinajstić information content (AvgIpc) is 3.00. The molecule has 1 amide bonds. The number of rotatable bonds is 3. The number of guanidine groups is 1. The van der Waals surface area contributed by atoms with Gasteiger partial charge in [0.2, 0.25) is 0 Å². The number of hydrogen-bond donors (Lipinski definition) is 1. The monoisotopic (exact) mass is 506 g/mol. The van der Waals surface area contributed by atoms with Gasteiger partial charge in [0.05, 0.1) is 19.7 Å². The third-order valence-corrected chi connectivity index (χ3v) is 4.48. The van der Waals surface area contributed by atoms with Gasteiger partial charge in [0, 0.05) is 32.2 Å². The lowest BCUT2D eigenvalue weighted by molar-refractivity contribution is 0.0137. The van der Waals surface area contributed by atoms with Crippen molar-refractivity contribution in [2.24, 2.45) is 4.99 Å². The van der Waals surface area contributed by atoms with Gasteiger partial charge in [-0.25, -0.2) is 9.18 Å². The molecule has 1 aromatic carbocycles. The minimum absolute atomic E-state index is 0. The predicted octanol–water partition coefficient (Wildman–Crippen LogP) is 2.83. The van der Waals surface area contributed by atoms with Gasteiger partial charge in [-0.3, -0.25) is 4.99 Å². The zero-order valence-electron chi connectivity index (χ0n) is 16.7. The van der Waals surface area contributed by atoms with Gasteiger partial charge in [-0.2, -0.15) is 0 Å². The van der Waals surface area contributed by atoms with Gasteiger partial charge in [0.1, 0.15) is 17.2 Å². The molecule has 0 spiro atoms. The van der Waals surface area contributed by atoms with Crippen LogP contribution in [0.1, 0.15) is 26.3 Å². The number of ether oxygens (including phenoxy) is 2. The topological polar surface area (TPSA) is 66.4 Å². The summed E-state index contributed by atoms with van der Waals surface area (Å²) in [6.45, 7) is 8.51. The number of nitrogens with zero attached hydrogens (tertiary/aromatic N) is 3. The molecule has 28 heavy (non-hydrogen) atoms. The van der Waals surface area contributed by atoms with E-state index in [1.54, 1.807) is 11.0 Å². The first-order chi connectivity index (χ1) is 12.7. The first kappa shape index (κ1) is 22.5. The molecular weight excluding hydrogens is 478 g/mol. The van der Waals surface area contributed by atoms with E-state index in [4.69, 9.17) is 9.47 Å². The predicted molar refractivity (Wildman–Crippen MR) is 116 cm³/mol. The fourth-order valence-corrected chi connectivity index (χ4v) is 3.24. The Hall–Kier alpha value is -1.78. The van der Waals surface area contributed by atoms with E-state index >= 15 is 0 Å². The molecule has 0 saturated carbocycles. The van der Waals surface area contributed by atoms with Crippen LogP contribution < -0.4 is 10.1 Å². The third-order valence-electron chi connectivity index (χ3n) is 4.48. The van der Waals surface area contributed by atoms with Crippen LogP contribution >= 0.6 is 24.0 Å². The van der Waals surface area contributed by atoms with Gasteiger partial charge in [-0.15, -0.1) is 24.0 Å². The van der Waals surface area contributed by atoms with E-state index in [-0.39, 0.29) is 41.9 Å². The number of hydrogen-bond acceptors (Lipinski definition) is 6. The summed E-state index contributed by atoms with van der Waals surface area (Å²) < 4.78 is 24.2. The van der Waals surface area contributed by atoms with E-state index in [9.17, 15) is 9.18 Å². The summed E-state index contributed by atoms with van der Waals surface area (Å²) in [6.07, 6.45) is -0.282. The molecule has 1 N–H and O–H groups in total. The molecule has 1 atom stereocenters. The molecule has 9 heteroatoms. The highest BCUT2D eigenvalue weighted by Gasteiger charge is 2.36. The fourth-order valence-electron chi connectivity index (χ4n) is 3.24. The zero-order valence-corrected chi connectivity index (χ0v) is 19.0. The van der Waals surface area contributed by atoms with Crippen molar-refractivity contribution in [3.05, 3.63) is 29.6 Å². The van der Waals surface area contributed by atoms with Crippen LogP contribution in [0, 0.1) is 5.82 Å². The number of methoxy groups -OCH3 is 1. The summed E-state index contributed by atoms with van der Waals surface area (Å²) in [4.78, 5) is 20.7. The quantitative estimate of drug-likeness (QED) is 0.639. The van der Waals surface area contributed by atoms with Crippen molar-refractivity contribution in [2.75, 3.05) is 33.3 Å². The Morgan fingerprint density at radius 2 is 2.07 bits per heavy atom.